The predicted octanol–water partition coefficient (Wildman–Crippen LogP) is 4.58. The van der Waals surface area contributed by atoms with Gasteiger partial charge in [-0.2, -0.15) is 0 Å². The summed E-state index contributed by atoms with van der Waals surface area (Å²) in [6.07, 6.45) is 3.37. The highest BCUT2D eigenvalue weighted by Crippen LogP contribution is 2.26. The fraction of sp³-hybridized carbons (Fsp3) is 0.0667. The van der Waals surface area contributed by atoms with Crippen LogP contribution in [0.3, 0.4) is 0 Å². The van der Waals surface area contributed by atoms with Crippen molar-refractivity contribution in [3.05, 3.63) is 58.6 Å². The van der Waals surface area contributed by atoms with Gasteiger partial charge in [0.1, 0.15) is 11.3 Å². The molecule has 1 N–H and O–H groups in total. The van der Waals surface area contributed by atoms with E-state index in [1.807, 2.05) is 13.0 Å². The molecule has 0 aliphatic rings. The van der Waals surface area contributed by atoms with Crippen molar-refractivity contribution >= 4 is 38.3 Å². The van der Waals surface area contributed by atoms with Gasteiger partial charge in [0, 0.05) is 16.9 Å². The Bertz CT molecular complexity index is 789. The number of aromatic nitrogens is 2. The standard InChI is InChI=1S/C15H11BrFN3/c1-9-2-3-11(17)13(6-9)20-12-4-5-18-14-7-10(16)8-19-15(12)14/h2-8H,1H3,(H,18,20). The van der Waals surface area contributed by atoms with Crippen LogP contribution in [0.2, 0.25) is 0 Å². The molecule has 0 aliphatic carbocycles. The van der Waals surface area contributed by atoms with Crippen molar-refractivity contribution in [2.45, 2.75) is 6.92 Å². The molecule has 2 heterocycles. The smallest absolute Gasteiger partial charge is 0.146 e. The van der Waals surface area contributed by atoms with Gasteiger partial charge in [0.05, 0.1) is 16.9 Å². The number of nitrogens with one attached hydrogen (secondary N) is 1. The van der Waals surface area contributed by atoms with E-state index < -0.39 is 0 Å². The molecule has 1 aromatic carbocycles. The van der Waals surface area contributed by atoms with E-state index in [1.165, 1.54) is 6.07 Å². The SMILES string of the molecule is Cc1ccc(F)c(Nc2ccnc3cc(Br)cnc23)c1. The summed E-state index contributed by atoms with van der Waals surface area (Å²) in [6, 6.07) is 8.61. The van der Waals surface area contributed by atoms with Gasteiger partial charge in [-0.25, -0.2) is 4.39 Å². The minimum atomic E-state index is -0.294. The molecule has 20 heavy (non-hydrogen) atoms. The van der Waals surface area contributed by atoms with Crippen molar-refractivity contribution in [3.63, 3.8) is 0 Å². The number of rotatable bonds is 2. The maximum atomic E-state index is 13.8. The summed E-state index contributed by atoms with van der Waals surface area (Å²) < 4.78 is 14.7. The second kappa shape index (κ2) is 5.17. The van der Waals surface area contributed by atoms with Crippen LogP contribution in [0, 0.1) is 12.7 Å². The summed E-state index contributed by atoms with van der Waals surface area (Å²) in [7, 11) is 0. The van der Waals surface area contributed by atoms with Crippen molar-refractivity contribution in [1.29, 1.82) is 0 Å². The first-order chi connectivity index (χ1) is 9.63. The van der Waals surface area contributed by atoms with Crippen LogP contribution in [0.25, 0.3) is 11.0 Å². The number of halogens is 2. The highest BCUT2D eigenvalue weighted by Gasteiger charge is 2.07. The maximum Gasteiger partial charge on any atom is 0.146 e. The largest absolute Gasteiger partial charge is 0.351 e. The number of hydrogen-bond donors (Lipinski definition) is 1. The Kier molecular flexibility index (Phi) is 3.36. The molecule has 0 atom stereocenters. The lowest BCUT2D eigenvalue weighted by atomic mass is 10.2. The number of nitrogens with zero attached hydrogens (tertiary/aromatic N) is 2. The number of hydrogen-bond acceptors (Lipinski definition) is 3. The third-order valence-corrected chi connectivity index (χ3v) is 3.37. The lowest BCUT2D eigenvalue weighted by molar-refractivity contribution is 0.631. The van der Waals surface area contributed by atoms with Gasteiger partial charge in [0.2, 0.25) is 0 Å². The first-order valence-corrected chi connectivity index (χ1v) is 6.86. The fourth-order valence-electron chi connectivity index (χ4n) is 1.99. The molecule has 0 spiro atoms. The van der Waals surface area contributed by atoms with Crippen molar-refractivity contribution in [3.8, 4) is 0 Å². The molecule has 0 aliphatic heterocycles. The molecule has 2 aromatic heterocycles. The van der Waals surface area contributed by atoms with Gasteiger partial charge in [-0.15, -0.1) is 0 Å². The number of benzene rings is 1. The molecule has 100 valence electrons. The van der Waals surface area contributed by atoms with Gasteiger partial charge < -0.3 is 5.32 Å². The minimum Gasteiger partial charge on any atom is -0.351 e. The Morgan fingerprint density at radius 3 is 2.80 bits per heavy atom. The number of pyridine rings is 2. The molecule has 3 aromatic rings. The van der Waals surface area contributed by atoms with Crippen LogP contribution < -0.4 is 5.32 Å². The van der Waals surface area contributed by atoms with Crippen molar-refractivity contribution in [2.24, 2.45) is 0 Å². The molecular formula is C15H11BrFN3. The minimum absolute atomic E-state index is 0.294. The first kappa shape index (κ1) is 13.0. The predicted molar refractivity (Wildman–Crippen MR) is 81.7 cm³/mol. The molecule has 0 radical (unpaired) electrons. The van der Waals surface area contributed by atoms with E-state index in [0.29, 0.717) is 11.2 Å². The second-order valence-electron chi connectivity index (χ2n) is 4.49. The Morgan fingerprint density at radius 2 is 1.95 bits per heavy atom. The van der Waals surface area contributed by atoms with Gasteiger partial charge in [-0.05, 0) is 52.7 Å². The number of fused-ring (bicyclic) bond motifs is 1. The van der Waals surface area contributed by atoms with E-state index in [1.54, 1.807) is 30.6 Å². The van der Waals surface area contributed by atoms with E-state index >= 15 is 0 Å². The molecule has 0 saturated heterocycles. The molecular weight excluding hydrogens is 321 g/mol. The third-order valence-electron chi connectivity index (χ3n) is 2.94. The van der Waals surface area contributed by atoms with Gasteiger partial charge >= 0.3 is 0 Å². The summed E-state index contributed by atoms with van der Waals surface area (Å²) in [5.41, 5.74) is 3.60. The summed E-state index contributed by atoms with van der Waals surface area (Å²) in [5.74, 6) is -0.294. The average Bonchev–Trinajstić information content (AvgIpc) is 2.43. The van der Waals surface area contributed by atoms with E-state index in [4.69, 9.17) is 0 Å². The van der Waals surface area contributed by atoms with Crippen molar-refractivity contribution < 1.29 is 4.39 Å². The van der Waals surface area contributed by atoms with Crippen LogP contribution in [-0.4, -0.2) is 9.97 Å². The van der Waals surface area contributed by atoms with Gasteiger partial charge in [-0.1, -0.05) is 6.07 Å². The van der Waals surface area contributed by atoms with E-state index in [-0.39, 0.29) is 5.82 Å². The van der Waals surface area contributed by atoms with Crippen molar-refractivity contribution in [2.75, 3.05) is 5.32 Å². The lowest BCUT2D eigenvalue weighted by Gasteiger charge is -2.10. The lowest BCUT2D eigenvalue weighted by Crippen LogP contribution is -1.97. The van der Waals surface area contributed by atoms with Crippen LogP contribution in [0.1, 0.15) is 5.56 Å². The monoisotopic (exact) mass is 331 g/mol. The highest BCUT2D eigenvalue weighted by atomic mass is 79.9. The van der Waals surface area contributed by atoms with Crippen molar-refractivity contribution in [1.82, 2.24) is 9.97 Å². The Morgan fingerprint density at radius 1 is 1.10 bits per heavy atom. The first-order valence-electron chi connectivity index (χ1n) is 6.07. The topological polar surface area (TPSA) is 37.8 Å². The normalized spacial score (nSPS) is 10.8. The zero-order valence-electron chi connectivity index (χ0n) is 10.7. The third kappa shape index (κ3) is 2.49. The Balaban J connectivity index is 2.09. The quantitative estimate of drug-likeness (QED) is 0.746. The second-order valence-corrected chi connectivity index (χ2v) is 5.40. The molecule has 0 unspecified atom stereocenters. The maximum absolute atomic E-state index is 13.8. The van der Waals surface area contributed by atoms with E-state index in [0.717, 1.165) is 21.2 Å². The molecule has 3 nitrogen and oxygen atoms in total. The molecule has 0 fully saturated rings. The van der Waals surface area contributed by atoms with Gasteiger partial charge in [0.25, 0.3) is 0 Å². The molecule has 3 rings (SSSR count). The van der Waals surface area contributed by atoms with Crippen LogP contribution in [0.15, 0.2) is 47.2 Å². The fourth-order valence-corrected chi connectivity index (χ4v) is 2.31. The highest BCUT2D eigenvalue weighted by molar-refractivity contribution is 9.10. The van der Waals surface area contributed by atoms with Crippen LogP contribution in [0.5, 0.6) is 0 Å². The number of aryl methyl sites for hydroxylation is 1. The summed E-state index contributed by atoms with van der Waals surface area (Å²) in [5, 5.41) is 3.08. The zero-order valence-corrected chi connectivity index (χ0v) is 12.3. The summed E-state index contributed by atoms with van der Waals surface area (Å²) in [6.45, 7) is 1.92. The molecule has 5 heteroatoms. The zero-order chi connectivity index (χ0) is 14.1. The van der Waals surface area contributed by atoms with Gasteiger partial charge in [-0.3, -0.25) is 9.97 Å². The van der Waals surface area contributed by atoms with Crippen LogP contribution >= 0.6 is 15.9 Å². The summed E-state index contributed by atoms with van der Waals surface area (Å²) in [4.78, 5) is 8.59. The Hall–Kier alpha value is -2.01. The number of anilines is 2. The van der Waals surface area contributed by atoms with Gasteiger partial charge in [0.15, 0.2) is 0 Å². The molecule has 0 saturated carbocycles. The molecule has 0 bridgehead atoms. The van der Waals surface area contributed by atoms with Crippen LogP contribution in [-0.2, 0) is 0 Å². The Labute approximate surface area is 124 Å². The molecule has 0 amide bonds. The van der Waals surface area contributed by atoms with E-state index in [2.05, 4.69) is 31.2 Å². The average molecular weight is 332 g/mol. The van der Waals surface area contributed by atoms with E-state index in [9.17, 15) is 4.39 Å². The van der Waals surface area contributed by atoms with Crippen LogP contribution in [0.4, 0.5) is 15.8 Å². The summed E-state index contributed by atoms with van der Waals surface area (Å²) >= 11 is 3.36.